The lowest BCUT2D eigenvalue weighted by molar-refractivity contribution is -0.683. The number of halogens is 20. The second-order valence-electron chi connectivity index (χ2n) is 15.2. The highest BCUT2D eigenvalue weighted by molar-refractivity contribution is 7.20. The van der Waals surface area contributed by atoms with Gasteiger partial charge in [-0.05, 0) is 38.4 Å². The molecule has 0 radical (unpaired) electrons. The Bertz CT molecular complexity index is 3270. The predicted octanol–water partition coefficient (Wildman–Crippen LogP) is 10.6. The summed E-state index contributed by atoms with van der Waals surface area (Å²) in [5.41, 5.74) is -13.5. The Morgan fingerprint density at radius 1 is 0.329 bits per heavy atom. The zero-order valence-corrected chi connectivity index (χ0v) is 33.8. The maximum absolute atomic E-state index is 15.4. The summed E-state index contributed by atoms with van der Waals surface area (Å²) in [6, 6.07) is 24.7. The molecule has 0 atom stereocenters. The summed E-state index contributed by atoms with van der Waals surface area (Å²) in [5.74, 6) is -71.3. The van der Waals surface area contributed by atoms with Crippen LogP contribution in [0.2, 0.25) is 0 Å². The van der Waals surface area contributed by atoms with E-state index in [2.05, 4.69) is 48.5 Å². The minimum atomic E-state index is -7.22. The van der Waals surface area contributed by atoms with E-state index in [-0.39, 0.29) is 5.78 Å². The molecular weight excluding hydrogens is 985 g/mol. The van der Waals surface area contributed by atoms with Gasteiger partial charge in [0.1, 0.15) is 52.7 Å². The van der Waals surface area contributed by atoms with Gasteiger partial charge in [-0.3, -0.25) is 4.79 Å². The Morgan fingerprint density at radius 2 is 0.614 bits per heavy atom. The van der Waals surface area contributed by atoms with Crippen LogP contribution in [0, 0.1) is 116 Å². The fourth-order valence-corrected chi connectivity index (χ4v) is 8.64. The number of nitrogens with zero attached hydrogens (tertiary/aromatic N) is 1. The first-order chi connectivity index (χ1) is 33.0. The number of hydrogen-bond acceptors (Lipinski definition) is 1. The molecule has 0 saturated carbocycles. The molecule has 0 N–H and O–H groups in total. The van der Waals surface area contributed by atoms with Crippen LogP contribution in [0.5, 0.6) is 0 Å². The standard InChI is InChI=1S/C24BF20.C23H16NO/c26-5-1(6(27)14(35)21(42)13(5)34)25(2-7(28)15(36)22(43)16(37)8(2)29,3-9(30)17(38)23(44)18(39)10(3)31)4-11(32)19(40)24(45)20(41)12(4)33;25-21(15-24-13-2-1-3-14-24)19-11-9-18-8-7-16-5-4-6-17-10-12-20(19)23(18)22(16)17/h;1-14H,15H2/q-1;+1. The zero-order valence-electron chi connectivity index (χ0n) is 33.8. The number of pyridine rings is 1. The van der Waals surface area contributed by atoms with Crippen LogP contribution in [0.4, 0.5) is 87.8 Å². The highest BCUT2D eigenvalue weighted by atomic mass is 19.2. The Hall–Kier alpha value is -7.72. The zero-order chi connectivity index (χ0) is 51.2. The molecule has 9 rings (SSSR count). The van der Waals surface area contributed by atoms with Gasteiger partial charge in [0.15, 0.2) is 82.2 Å². The normalized spacial score (nSPS) is 11.8. The van der Waals surface area contributed by atoms with E-state index in [9.17, 15) is 57.5 Å². The van der Waals surface area contributed by atoms with E-state index in [0.717, 1.165) is 10.9 Å². The topological polar surface area (TPSA) is 20.9 Å². The highest BCUT2D eigenvalue weighted by Crippen LogP contribution is 2.36. The summed E-state index contributed by atoms with van der Waals surface area (Å²) in [6.45, 7) is 0.352. The number of benzene rings is 8. The van der Waals surface area contributed by atoms with E-state index in [4.69, 9.17) is 0 Å². The van der Waals surface area contributed by atoms with E-state index in [1.165, 1.54) is 26.9 Å². The molecule has 9 aromatic rings. The molecule has 70 heavy (non-hydrogen) atoms. The Kier molecular flexibility index (Phi) is 12.3. The van der Waals surface area contributed by atoms with Crippen molar-refractivity contribution in [1.82, 2.24) is 0 Å². The number of carbonyl (C=O) groups excluding carboxylic acids is 1. The molecule has 0 amide bonds. The van der Waals surface area contributed by atoms with Crippen LogP contribution >= 0.6 is 0 Å². The van der Waals surface area contributed by atoms with E-state index in [1.54, 1.807) is 0 Å². The lowest BCUT2D eigenvalue weighted by Gasteiger charge is -2.44. The lowest BCUT2D eigenvalue weighted by atomic mass is 9.12. The number of carbonyl (C=O) groups is 1. The second kappa shape index (κ2) is 17.7. The molecule has 0 aliphatic rings. The van der Waals surface area contributed by atoms with Crippen LogP contribution in [0.25, 0.3) is 32.3 Å². The Balaban J connectivity index is 0.000000219. The van der Waals surface area contributed by atoms with Crippen LogP contribution in [-0.4, -0.2) is 11.9 Å². The highest BCUT2D eigenvalue weighted by Gasteiger charge is 2.52. The van der Waals surface area contributed by atoms with Crippen LogP contribution in [-0.2, 0) is 6.54 Å². The monoisotopic (exact) mass is 1000 g/mol. The lowest BCUT2D eigenvalue weighted by Crippen LogP contribution is -2.81. The molecule has 0 aliphatic carbocycles. The molecule has 2 nitrogen and oxygen atoms in total. The Morgan fingerprint density at radius 3 is 0.957 bits per heavy atom. The summed E-state index contributed by atoms with van der Waals surface area (Å²) in [7, 11) is 0. The fourth-order valence-electron chi connectivity index (χ4n) is 8.64. The van der Waals surface area contributed by atoms with Gasteiger partial charge in [-0.1, -0.05) is 54.6 Å². The SMILES string of the molecule is Fc1c(F)c(F)c([B-](c2c(F)c(F)c(F)c(F)c2F)(c2c(F)c(F)c(F)c(F)c2F)c2c(F)c(F)c(F)c(F)c2F)c(F)c1F.O=C(C[n+]1ccccc1)c1ccc2ccc3cccc4ccc1c2c34. The van der Waals surface area contributed by atoms with Gasteiger partial charge in [-0.15, -0.1) is 21.9 Å². The molecule has 0 unspecified atom stereocenters. The van der Waals surface area contributed by atoms with Gasteiger partial charge < -0.3 is 0 Å². The molecule has 0 fully saturated rings. The van der Waals surface area contributed by atoms with Gasteiger partial charge in [-0.25, -0.2) is 87.8 Å². The smallest absolute Gasteiger partial charge is 0.228 e. The van der Waals surface area contributed by atoms with Gasteiger partial charge in [0.2, 0.25) is 12.3 Å². The van der Waals surface area contributed by atoms with Gasteiger partial charge in [-0.2, -0.15) is 4.57 Å². The van der Waals surface area contributed by atoms with Gasteiger partial charge in [0, 0.05) is 17.7 Å². The maximum Gasteiger partial charge on any atom is 0.228 e. The number of ketones is 1. The van der Waals surface area contributed by atoms with Crippen molar-refractivity contribution in [2.75, 3.05) is 0 Å². The third-order valence-corrected chi connectivity index (χ3v) is 11.6. The minimum Gasteiger partial charge on any atom is -0.287 e. The third kappa shape index (κ3) is 7.06. The first-order valence-corrected chi connectivity index (χ1v) is 19.4. The van der Waals surface area contributed by atoms with Crippen molar-refractivity contribution in [2.45, 2.75) is 6.54 Å². The minimum absolute atomic E-state index is 0.133. The average molecular weight is 1000 g/mol. The van der Waals surface area contributed by atoms with Crippen molar-refractivity contribution in [3.8, 4) is 0 Å². The maximum atomic E-state index is 15.4. The first-order valence-electron chi connectivity index (χ1n) is 19.4. The van der Waals surface area contributed by atoms with Gasteiger partial charge in [0.05, 0.1) is 0 Å². The van der Waals surface area contributed by atoms with Gasteiger partial charge in [0.25, 0.3) is 0 Å². The van der Waals surface area contributed by atoms with Crippen molar-refractivity contribution >= 4 is 66.1 Å². The van der Waals surface area contributed by atoms with Crippen molar-refractivity contribution in [3.63, 3.8) is 0 Å². The number of aromatic nitrogens is 1. The Labute approximate surface area is 376 Å². The molecule has 0 bridgehead atoms. The molecule has 0 aliphatic heterocycles. The largest absolute Gasteiger partial charge is 0.287 e. The van der Waals surface area contributed by atoms with E-state index in [0.29, 0.717) is 6.54 Å². The van der Waals surface area contributed by atoms with Crippen LogP contribution in [0.1, 0.15) is 10.4 Å². The van der Waals surface area contributed by atoms with E-state index >= 15 is 35.1 Å². The molecule has 0 spiro atoms. The average Bonchev–Trinajstić information content (AvgIpc) is 3.35. The van der Waals surface area contributed by atoms with Crippen LogP contribution in [0.15, 0.2) is 85.2 Å². The molecule has 1 aromatic heterocycles. The van der Waals surface area contributed by atoms with Gasteiger partial charge >= 0.3 is 0 Å². The quantitative estimate of drug-likeness (QED) is 0.0297. The van der Waals surface area contributed by atoms with Crippen molar-refractivity contribution in [3.05, 3.63) is 207 Å². The van der Waals surface area contributed by atoms with E-state index in [1.807, 2.05) is 41.2 Å². The molecule has 1 heterocycles. The number of Topliss-reactive ketones (excluding diaryl/α,β-unsaturated/α-hetero) is 1. The molecule has 358 valence electrons. The predicted molar refractivity (Wildman–Crippen MR) is 210 cm³/mol. The van der Waals surface area contributed by atoms with Crippen molar-refractivity contribution in [2.24, 2.45) is 0 Å². The van der Waals surface area contributed by atoms with Crippen LogP contribution < -0.4 is 26.4 Å². The van der Waals surface area contributed by atoms with Crippen molar-refractivity contribution in [1.29, 1.82) is 0 Å². The molecule has 0 saturated heterocycles. The number of rotatable bonds is 7. The summed E-state index contributed by atoms with van der Waals surface area (Å²) in [5, 5.41) is 7.11. The first kappa shape index (κ1) is 48.7. The summed E-state index contributed by atoms with van der Waals surface area (Å²) < 4.78 is 296. The summed E-state index contributed by atoms with van der Waals surface area (Å²) >= 11 is 0. The third-order valence-electron chi connectivity index (χ3n) is 11.6. The van der Waals surface area contributed by atoms with Crippen molar-refractivity contribution < 1.29 is 97.2 Å². The fraction of sp³-hybridized carbons (Fsp3) is 0.0213. The van der Waals surface area contributed by atoms with Crippen LogP contribution in [0.3, 0.4) is 0 Å². The summed E-state index contributed by atoms with van der Waals surface area (Å²) in [4.78, 5) is 12.9. The second-order valence-corrected chi connectivity index (χ2v) is 15.2. The molecule has 8 aromatic carbocycles. The van der Waals surface area contributed by atoms with E-state index < -0.39 is 144 Å². The number of hydrogen-bond donors (Lipinski definition) is 0. The molecular formula is C47H16BF20NO. The molecule has 23 heteroatoms. The summed E-state index contributed by atoms with van der Waals surface area (Å²) in [6.07, 6.45) is -3.37.